The molecule has 0 saturated heterocycles. The number of ether oxygens (including phenoxy) is 2. The highest BCUT2D eigenvalue weighted by atomic mass is 16.5. The molecule has 11 rings (SSSR count). The van der Waals surface area contributed by atoms with Crippen LogP contribution in [0.3, 0.4) is 0 Å². The van der Waals surface area contributed by atoms with Crippen molar-refractivity contribution in [2.75, 3.05) is 4.90 Å². The van der Waals surface area contributed by atoms with Gasteiger partial charge in [-0.05, 0) is 78.4 Å². The Bertz CT molecular complexity index is 2890. The zero-order valence-electron chi connectivity index (χ0n) is 30.4. The molecule has 0 unspecified atom stereocenters. The van der Waals surface area contributed by atoms with Crippen molar-refractivity contribution in [2.24, 2.45) is 0 Å². The number of para-hydroxylation sites is 1. The number of aryl methyl sites for hydroxylation is 2. The molecule has 55 heavy (non-hydrogen) atoms. The molecule has 9 aromatic rings. The summed E-state index contributed by atoms with van der Waals surface area (Å²) >= 11 is 0. The summed E-state index contributed by atoms with van der Waals surface area (Å²) in [6.45, 7) is 4.08. The third kappa shape index (κ3) is 5.08. The minimum Gasteiger partial charge on any atom is -0.458 e. The van der Waals surface area contributed by atoms with Crippen LogP contribution in [0.4, 0.5) is 17.1 Å². The van der Waals surface area contributed by atoms with Gasteiger partial charge in [0, 0.05) is 56.6 Å². The van der Waals surface area contributed by atoms with E-state index in [-0.39, 0.29) is 6.71 Å². The first kappa shape index (κ1) is 31.5. The molecule has 2 aliphatic heterocycles. The molecule has 4 nitrogen and oxygen atoms in total. The van der Waals surface area contributed by atoms with Crippen molar-refractivity contribution in [2.45, 2.75) is 13.8 Å². The Kier molecular flexibility index (Phi) is 7.05. The van der Waals surface area contributed by atoms with Gasteiger partial charge in [-0.3, -0.25) is 0 Å². The number of hydrogen-bond donors (Lipinski definition) is 0. The maximum Gasteiger partial charge on any atom is 0.260 e. The molecule has 2 aliphatic rings. The van der Waals surface area contributed by atoms with E-state index in [1.165, 1.54) is 11.1 Å². The van der Waals surface area contributed by atoms with Crippen LogP contribution in [0, 0.1) is 13.8 Å². The van der Waals surface area contributed by atoms with Gasteiger partial charge in [-0.25, -0.2) is 0 Å². The molecule has 0 aliphatic carbocycles. The van der Waals surface area contributed by atoms with E-state index in [4.69, 9.17) is 13.9 Å². The van der Waals surface area contributed by atoms with Crippen LogP contribution >= 0.6 is 0 Å². The SMILES string of the molecule is Cc1ccc(N(c2ccc(C)cc2)c2ccc3c(c2)Oc2c(-c4ccccc4)cc(-c4ccccc4)c4c2B3c2cc3c(cc2O4)oc2ccccc23)cc1. The van der Waals surface area contributed by atoms with E-state index in [1.807, 2.05) is 12.1 Å². The van der Waals surface area contributed by atoms with Gasteiger partial charge in [0.15, 0.2) is 0 Å². The lowest BCUT2D eigenvalue weighted by molar-refractivity contribution is 0.466. The molecule has 3 heterocycles. The summed E-state index contributed by atoms with van der Waals surface area (Å²) < 4.78 is 20.7. The number of fused-ring (bicyclic) bond motifs is 7. The number of nitrogens with zero attached hydrogens (tertiary/aromatic N) is 1. The fourth-order valence-electron chi connectivity index (χ4n) is 8.42. The van der Waals surface area contributed by atoms with E-state index in [0.29, 0.717) is 0 Å². The Morgan fingerprint density at radius 1 is 0.436 bits per heavy atom. The van der Waals surface area contributed by atoms with E-state index in [2.05, 4.69) is 176 Å². The molecule has 0 fully saturated rings. The Morgan fingerprint density at radius 2 is 0.982 bits per heavy atom. The first-order valence-electron chi connectivity index (χ1n) is 18.8. The van der Waals surface area contributed by atoms with E-state index < -0.39 is 0 Å². The fourth-order valence-corrected chi connectivity index (χ4v) is 8.42. The predicted octanol–water partition coefficient (Wildman–Crippen LogP) is 11.7. The maximum absolute atomic E-state index is 7.23. The molecule has 0 amide bonds. The highest BCUT2D eigenvalue weighted by molar-refractivity contribution is 6.98. The lowest BCUT2D eigenvalue weighted by atomic mass is 9.34. The Balaban J connectivity index is 1.19. The molecule has 5 heteroatoms. The van der Waals surface area contributed by atoms with Crippen molar-refractivity contribution in [3.05, 3.63) is 181 Å². The molecule has 260 valence electrons. The first-order valence-corrected chi connectivity index (χ1v) is 18.8. The lowest BCUT2D eigenvalue weighted by Gasteiger charge is -2.36. The molecular formula is C50H34BNO3. The third-order valence-electron chi connectivity index (χ3n) is 11.1. The van der Waals surface area contributed by atoms with Crippen molar-refractivity contribution in [1.29, 1.82) is 0 Å². The largest absolute Gasteiger partial charge is 0.458 e. The molecule has 8 aromatic carbocycles. The third-order valence-corrected chi connectivity index (χ3v) is 11.1. The summed E-state index contributed by atoms with van der Waals surface area (Å²) in [4.78, 5) is 2.30. The number of anilines is 3. The van der Waals surface area contributed by atoms with Crippen molar-refractivity contribution in [3.63, 3.8) is 0 Å². The Labute approximate surface area is 319 Å². The van der Waals surface area contributed by atoms with Crippen molar-refractivity contribution in [1.82, 2.24) is 0 Å². The number of hydrogen-bond acceptors (Lipinski definition) is 4. The van der Waals surface area contributed by atoms with Crippen molar-refractivity contribution >= 4 is 62.1 Å². The van der Waals surface area contributed by atoms with Gasteiger partial charge >= 0.3 is 0 Å². The van der Waals surface area contributed by atoms with Crippen molar-refractivity contribution in [3.8, 4) is 45.3 Å². The molecule has 0 spiro atoms. The first-order chi connectivity index (χ1) is 27.1. The molecular weight excluding hydrogens is 673 g/mol. The van der Waals surface area contributed by atoms with Crippen LogP contribution in [-0.2, 0) is 0 Å². The lowest BCUT2D eigenvalue weighted by Crippen LogP contribution is -2.57. The van der Waals surface area contributed by atoms with Gasteiger partial charge in [0.1, 0.15) is 34.2 Å². The zero-order valence-corrected chi connectivity index (χ0v) is 30.4. The molecule has 0 saturated carbocycles. The fraction of sp³-hybridized carbons (Fsp3) is 0.0400. The second kappa shape index (κ2) is 12.3. The van der Waals surface area contributed by atoms with E-state index in [0.717, 1.165) is 101 Å². The second-order valence-electron chi connectivity index (χ2n) is 14.6. The highest BCUT2D eigenvalue weighted by Gasteiger charge is 2.43. The average Bonchev–Trinajstić information content (AvgIpc) is 3.59. The maximum atomic E-state index is 7.23. The van der Waals surface area contributed by atoms with E-state index in [9.17, 15) is 0 Å². The van der Waals surface area contributed by atoms with Gasteiger partial charge in [0.2, 0.25) is 0 Å². The van der Waals surface area contributed by atoms with Gasteiger partial charge < -0.3 is 18.8 Å². The van der Waals surface area contributed by atoms with Crippen LogP contribution < -0.4 is 30.8 Å². The van der Waals surface area contributed by atoms with E-state index in [1.54, 1.807) is 0 Å². The Hall–Kier alpha value is -6.98. The number of rotatable bonds is 5. The van der Waals surface area contributed by atoms with Crippen LogP contribution in [0.15, 0.2) is 174 Å². The predicted molar refractivity (Wildman–Crippen MR) is 226 cm³/mol. The summed E-state index contributed by atoms with van der Waals surface area (Å²) in [5.74, 6) is 3.23. The van der Waals surface area contributed by atoms with Crippen LogP contribution in [0.1, 0.15) is 11.1 Å². The highest BCUT2D eigenvalue weighted by Crippen LogP contribution is 2.48. The minimum atomic E-state index is -0.164. The van der Waals surface area contributed by atoms with Crippen LogP contribution in [0.25, 0.3) is 44.2 Å². The Morgan fingerprint density at radius 3 is 1.60 bits per heavy atom. The molecule has 0 radical (unpaired) electrons. The van der Waals surface area contributed by atoms with Gasteiger partial charge in [-0.2, -0.15) is 0 Å². The quantitative estimate of drug-likeness (QED) is 0.167. The van der Waals surface area contributed by atoms with Crippen LogP contribution in [0.5, 0.6) is 23.0 Å². The van der Waals surface area contributed by atoms with Crippen molar-refractivity contribution < 1.29 is 13.9 Å². The van der Waals surface area contributed by atoms with Gasteiger partial charge in [-0.15, -0.1) is 0 Å². The second-order valence-corrected chi connectivity index (χ2v) is 14.6. The van der Waals surface area contributed by atoms with Crippen LogP contribution in [0.2, 0.25) is 0 Å². The van der Waals surface area contributed by atoms with Gasteiger partial charge in [-0.1, -0.05) is 126 Å². The van der Waals surface area contributed by atoms with Gasteiger partial charge in [0.25, 0.3) is 6.71 Å². The van der Waals surface area contributed by atoms with Gasteiger partial charge in [0.05, 0.1) is 0 Å². The molecule has 0 atom stereocenters. The number of benzene rings is 8. The average molecular weight is 708 g/mol. The summed E-state index contributed by atoms with van der Waals surface area (Å²) in [6.07, 6.45) is 0. The summed E-state index contributed by atoms with van der Waals surface area (Å²) in [6, 6.07) is 60.0. The molecule has 0 bridgehead atoms. The standard InChI is InChI=1S/C50H34BNO3/c1-31-17-21-35(22-18-31)52(36-23-19-32(2)20-24-36)37-25-26-42-46(27-37)54-49-39(33-11-5-3-6-12-33)28-40(34-13-7-4-8-14-34)50-48(49)51(42)43-29-41-38-15-9-10-16-44(38)53-45(41)30-47(43)55-50/h3-30H,1-2H3. The monoisotopic (exact) mass is 707 g/mol. The molecule has 0 N–H and O–H groups in total. The van der Waals surface area contributed by atoms with Crippen LogP contribution in [-0.4, -0.2) is 6.71 Å². The number of furan rings is 1. The summed E-state index contributed by atoms with van der Waals surface area (Å²) in [5.41, 5.74) is 14.7. The smallest absolute Gasteiger partial charge is 0.260 e. The molecule has 1 aromatic heterocycles. The van der Waals surface area contributed by atoms with E-state index >= 15 is 0 Å². The summed E-state index contributed by atoms with van der Waals surface area (Å²) in [5, 5.41) is 2.16. The zero-order chi connectivity index (χ0) is 36.6. The summed E-state index contributed by atoms with van der Waals surface area (Å²) in [7, 11) is 0. The minimum absolute atomic E-state index is 0.164. The topological polar surface area (TPSA) is 34.8 Å². The normalized spacial score (nSPS) is 12.4.